The van der Waals surface area contributed by atoms with Crippen molar-refractivity contribution in [2.24, 2.45) is 0 Å². The van der Waals surface area contributed by atoms with E-state index in [0.717, 1.165) is 11.3 Å². The number of aromatic nitrogens is 1. The topological polar surface area (TPSA) is 56.0 Å². The molecule has 0 amide bonds. The average molecular weight is 260 g/mol. The number of carbonyl (C=O) groups excluding carboxylic acids is 1. The lowest BCUT2D eigenvalue weighted by Crippen LogP contribution is -2.07. The fourth-order valence-corrected chi connectivity index (χ4v) is 2.63. The number of ketones is 1. The zero-order chi connectivity index (χ0) is 13.1. The molecule has 3 nitrogen and oxygen atoms in total. The number of aryl methyl sites for hydroxylation is 2. The fraction of sp³-hybridized carbons (Fsp3) is 0.286. The zero-order valence-electron chi connectivity index (χ0n) is 10.6. The second-order valence-corrected chi connectivity index (χ2v) is 5.45. The van der Waals surface area contributed by atoms with Gasteiger partial charge in [0.15, 0.2) is 5.13 Å². The molecule has 0 saturated carbocycles. The van der Waals surface area contributed by atoms with Crippen LogP contribution in [0.5, 0.6) is 0 Å². The van der Waals surface area contributed by atoms with E-state index >= 15 is 0 Å². The molecule has 0 saturated heterocycles. The van der Waals surface area contributed by atoms with Crippen molar-refractivity contribution in [2.75, 3.05) is 5.73 Å². The summed E-state index contributed by atoms with van der Waals surface area (Å²) in [4.78, 5) is 16.0. The zero-order valence-corrected chi connectivity index (χ0v) is 11.4. The van der Waals surface area contributed by atoms with Crippen LogP contribution in [0.15, 0.2) is 23.6 Å². The third-order valence-corrected chi connectivity index (χ3v) is 3.35. The minimum Gasteiger partial charge on any atom is -0.375 e. The average Bonchev–Trinajstić information content (AvgIpc) is 2.61. The van der Waals surface area contributed by atoms with Crippen LogP contribution >= 0.6 is 11.3 Å². The third kappa shape index (κ3) is 3.40. The predicted molar refractivity (Wildman–Crippen MR) is 74.9 cm³/mol. The number of nitrogens with zero attached hydrogens (tertiary/aromatic N) is 1. The molecule has 0 fully saturated rings. The summed E-state index contributed by atoms with van der Waals surface area (Å²) in [7, 11) is 0. The second kappa shape index (κ2) is 5.31. The molecular weight excluding hydrogens is 244 g/mol. The molecule has 0 aliphatic heterocycles. The highest BCUT2D eigenvalue weighted by atomic mass is 32.1. The maximum Gasteiger partial charge on any atom is 0.180 e. The maximum atomic E-state index is 11.9. The Labute approximate surface area is 111 Å². The Morgan fingerprint density at radius 1 is 1.22 bits per heavy atom. The van der Waals surface area contributed by atoms with Crippen LogP contribution in [0.1, 0.15) is 22.4 Å². The van der Waals surface area contributed by atoms with Gasteiger partial charge in [-0.3, -0.25) is 4.79 Å². The van der Waals surface area contributed by atoms with Crippen LogP contribution in [0.3, 0.4) is 0 Å². The van der Waals surface area contributed by atoms with E-state index in [2.05, 4.69) is 23.2 Å². The van der Waals surface area contributed by atoms with Crippen LogP contribution in [-0.2, 0) is 17.6 Å². The second-order valence-electron chi connectivity index (χ2n) is 4.57. The van der Waals surface area contributed by atoms with Gasteiger partial charge in [-0.2, -0.15) is 0 Å². The first-order valence-corrected chi connectivity index (χ1v) is 6.69. The number of nitrogens with two attached hydrogens (primary N) is 1. The molecule has 2 aromatic rings. The molecular formula is C14H16N2OS. The van der Waals surface area contributed by atoms with Crippen LogP contribution in [-0.4, -0.2) is 10.8 Å². The van der Waals surface area contributed by atoms with Crippen LogP contribution < -0.4 is 5.73 Å². The third-order valence-electron chi connectivity index (χ3n) is 2.63. The highest BCUT2D eigenvalue weighted by Gasteiger charge is 2.08. The Hall–Kier alpha value is -1.68. The summed E-state index contributed by atoms with van der Waals surface area (Å²) in [5, 5.41) is 2.36. The van der Waals surface area contributed by atoms with Gasteiger partial charge in [0.25, 0.3) is 0 Å². The van der Waals surface area contributed by atoms with E-state index < -0.39 is 0 Å². The van der Waals surface area contributed by atoms with Gasteiger partial charge >= 0.3 is 0 Å². The summed E-state index contributed by atoms with van der Waals surface area (Å²) in [6.07, 6.45) is 0.820. The summed E-state index contributed by atoms with van der Waals surface area (Å²) >= 11 is 1.37. The number of hydrogen-bond acceptors (Lipinski definition) is 4. The van der Waals surface area contributed by atoms with Crippen molar-refractivity contribution in [1.29, 1.82) is 0 Å². The Morgan fingerprint density at radius 2 is 1.89 bits per heavy atom. The van der Waals surface area contributed by atoms with Crippen LogP contribution in [0.4, 0.5) is 5.13 Å². The van der Waals surface area contributed by atoms with Crippen molar-refractivity contribution in [3.8, 4) is 0 Å². The van der Waals surface area contributed by atoms with Crippen LogP contribution in [0.25, 0.3) is 0 Å². The van der Waals surface area contributed by atoms with Gasteiger partial charge < -0.3 is 5.73 Å². The smallest absolute Gasteiger partial charge is 0.180 e. The van der Waals surface area contributed by atoms with E-state index in [1.54, 1.807) is 0 Å². The molecule has 0 spiro atoms. The SMILES string of the molecule is Cc1cc(C)cc(CC(=O)Cc2csc(N)n2)c1. The summed E-state index contributed by atoms with van der Waals surface area (Å²) < 4.78 is 0. The fourth-order valence-electron chi connectivity index (χ4n) is 2.07. The number of anilines is 1. The number of hydrogen-bond donors (Lipinski definition) is 1. The first-order valence-electron chi connectivity index (χ1n) is 5.81. The summed E-state index contributed by atoms with van der Waals surface area (Å²) in [6.45, 7) is 4.09. The van der Waals surface area contributed by atoms with Crippen LogP contribution in [0.2, 0.25) is 0 Å². The monoisotopic (exact) mass is 260 g/mol. The number of nitrogen functional groups attached to an aromatic ring is 1. The molecule has 1 aromatic carbocycles. The van der Waals surface area contributed by atoms with Crippen LogP contribution in [0, 0.1) is 13.8 Å². The predicted octanol–water partition coefficient (Wildman–Crippen LogP) is 2.70. The normalized spacial score (nSPS) is 10.6. The first-order chi connectivity index (χ1) is 8.52. The molecule has 1 heterocycles. The molecule has 4 heteroatoms. The van der Waals surface area contributed by atoms with E-state index in [1.807, 2.05) is 19.2 Å². The lowest BCUT2D eigenvalue weighted by atomic mass is 10.0. The minimum absolute atomic E-state index is 0.172. The molecule has 0 atom stereocenters. The highest BCUT2D eigenvalue weighted by Crippen LogP contribution is 2.14. The number of Topliss-reactive ketones (excluding diaryl/α,β-unsaturated/α-hetero) is 1. The minimum atomic E-state index is 0.172. The van der Waals surface area contributed by atoms with Crippen molar-refractivity contribution in [2.45, 2.75) is 26.7 Å². The van der Waals surface area contributed by atoms with E-state index in [4.69, 9.17) is 5.73 Å². The summed E-state index contributed by atoms with van der Waals surface area (Å²) in [6, 6.07) is 6.22. The molecule has 0 radical (unpaired) electrons. The van der Waals surface area contributed by atoms with Crippen molar-refractivity contribution >= 4 is 22.3 Å². The number of benzene rings is 1. The van der Waals surface area contributed by atoms with Gasteiger partial charge in [0, 0.05) is 18.2 Å². The van der Waals surface area contributed by atoms with Gasteiger partial charge in [0.05, 0.1) is 5.69 Å². The van der Waals surface area contributed by atoms with Gasteiger partial charge in [0.1, 0.15) is 5.78 Å². The van der Waals surface area contributed by atoms with E-state index in [9.17, 15) is 4.79 Å². The number of rotatable bonds is 4. The lowest BCUT2D eigenvalue weighted by molar-refractivity contribution is -0.117. The number of carbonyl (C=O) groups is 1. The molecule has 2 rings (SSSR count). The van der Waals surface area contributed by atoms with Crippen molar-refractivity contribution < 1.29 is 4.79 Å². The molecule has 0 aliphatic carbocycles. The number of thiazole rings is 1. The summed E-state index contributed by atoms with van der Waals surface area (Å²) in [5.74, 6) is 0.172. The summed E-state index contributed by atoms with van der Waals surface area (Å²) in [5.41, 5.74) is 9.76. The van der Waals surface area contributed by atoms with Gasteiger partial charge in [-0.05, 0) is 19.4 Å². The van der Waals surface area contributed by atoms with E-state index in [-0.39, 0.29) is 5.78 Å². The maximum absolute atomic E-state index is 11.9. The van der Waals surface area contributed by atoms with Crippen molar-refractivity contribution in [3.05, 3.63) is 46.0 Å². The highest BCUT2D eigenvalue weighted by molar-refractivity contribution is 7.13. The van der Waals surface area contributed by atoms with Gasteiger partial charge in [0.2, 0.25) is 0 Å². The first kappa shape index (κ1) is 12.8. The molecule has 0 unspecified atom stereocenters. The largest absolute Gasteiger partial charge is 0.375 e. The van der Waals surface area contributed by atoms with E-state index in [1.165, 1.54) is 22.5 Å². The lowest BCUT2D eigenvalue weighted by Gasteiger charge is -2.03. The molecule has 0 bridgehead atoms. The van der Waals surface area contributed by atoms with Gasteiger partial charge in [-0.25, -0.2) is 4.98 Å². The molecule has 94 valence electrons. The Morgan fingerprint density at radius 3 is 2.44 bits per heavy atom. The molecule has 18 heavy (non-hydrogen) atoms. The quantitative estimate of drug-likeness (QED) is 0.919. The molecule has 1 aromatic heterocycles. The van der Waals surface area contributed by atoms with Gasteiger partial charge in [-0.1, -0.05) is 29.3 Å². The Bertz CT molecular complexity index is 555. The van der Waals surface area contributed by atoms with Gasteiger partial charge in [-0.15, -0.1) is 11.3 Å². The van der Waals surface area contributed by atoms with Crippen molar-refractivity contribution in [3.63, 3.8) is 0 Å². The Balaban J connectivity index is 2.02. The Kier molecular flexibility index (Phi) is 3.77. The van der Waals surface area contributed by atoms with Crippen molar-refractivity contribution in [1.82, 2.24) is 4.98 Å². The molecule has 2 N–H and O–H groups in total. The van der Waals surface area contributed by atoms with E-state index in [0.29, 0.717) is 18.0 Å². The standard InChI is InChI=1S/C14H16N2OS/c1-9-3-10(2)5-11(4-9)6-13(17)7-12-8-18-14(15)16-12/h3-5,8H,6-7H2,1-2H3,(H2,15,16). The molecule has 0 aliphatic rings.